The first-order chi connectivity index (χ1) is 9.73. The van der Waals surface area contributed by atoms with E-state index in [0.717, 1.165) is 64.1 Å². The number of quaternary nitrogens is 1. The zero-order chi connectivity index (χ0) is 14.0. The summed E-state index contributed by atoms with van der Waals surface area (Å²) in [5.74, 6) is -0.160. The number of piperazine rings is 1. The van der Waals surface area contributed by atoms with Gasteiger partial charge in [-0.2, -0.15) is 0 Å². The Morgan fingerprint density at radius 3 is 2.60 bits per heavy atom. The zero-order valence-electron chi connectivity index (χ0n) is 12.1. The molecule has 112 valence electrons. The number of hydrogen-bond acceptors (Lipinski definition) is 4. The second kappa shape index (κ2) is 5.74. The van der Waals surface area contributed by atoms with Crippen LogP contribution >= 0.6 is 0 Å². The third kappa shape index (κ3) is 2.56. The van der Waals surface area contributed by atoms with Crippen LogP contribution in [0.5, 0.6) is 0 Å². The number of carbonyl (C=O) groups is 1. The minimum Gasteiger partial charge on any atom is -0.449 e. The van der Waals surface area contributed by atoms with Crippen LogP contribution in [0.3, 0.4) is 0 Å². The molecule has 0 bridgehead atoms. The van der Waals surface area contributed by atoms with E-state index in [1.54, 1.807) is 6.08 Å². The Morgan fingerprint density at radius 2 is 1.95 bits per heavy atom. The molecule has 0 atom stereocenters. The SMILES string of the molecule is O=C1C=C(N2CC[NH+](CCO)CC2)C2(CCCCC2)O1. The number of nitrogens with zero attached hydrogens (tertiary/aromatic N) is 1. The molecule has 2 fully saturated rings. The molecule has 0 aromatic carbocycles. The van der Waals surface area contributed by atoms with E-state index >= 15 is 0 Å². The van der Waals surface area contributed by atoms with E-state index in [-0.39, 0.29) is 18.2 Å². The van der Waals surface area contributed by atoms with Crippen LogP contribution in [-0.4, -0.2) is 60.9 Å². The predicted octanol–water partition coefficient (Wildman–Crippen LogP) is -0.677. The number of hydrogen-bond donors (Lipinski definition) is 2. The molecular formula is C15H25N2O3+. The molecule has 0 aromatic heterocycles. The summed E-state index contributed by atoms with van der Waals surface area (Å²) in [5.41, 5.74) is 0.814. The van der Waals surface area contributed by atoms with Gasteiger partial charge in [0.25, 0.3) is 0 Å². The molecule has 3 rings (SSSR count). The molecule has 1 saturated heterocycles. The summed E-state index contributed by atoms with van der Waals surface area (Å²) in [4.78, 5) is 15.6. The molecule has 1 saturated carbocycles. The lowest BCUT2D eigenvalue weighted by Crippen LogP contribution is -3.15. The fourth-order valence-electron chi connectivity index (χ4n) is 3.85. The summed E-state index contributed by atoms with van der Waals surface area (Å²) >= 11 is 0. The van der Waals surface area contributed by atoms with Crippen molar-refractivity contribution >= 4 is 5.97 Å². The Kier molecular flexibility index (Phi) is 3.98. The van der Waals surface area contributed by atoms with Gasteiger partial charge in [0.2, 0.25) is 0 Å². The van der Waals surface area contributed by atoms with Crippen molar-refractivity contribution in [2.75, 3.05) is 39.3 Å². The first-order valence-corrected chi connectivity index (χ1v) is 7.88. The number of esters is 1. The molecule has 5 heteroatoms. The third-order valence-electron chi connectivity index (χ3n) is 4.96. The van der Waals surface area contributed by atoms with Gasteiger partial charge >= 0.3 is 5.97 Å². The smallest absolute Gasteiger partial charge is 0.333 e. The lowest BCUT2D eigenvalue weighted by atomic mass is 9.82. The van der Waals surface area contributed by atoms with Gasteiger partial charge in [-0.3, -0.25) is 0 Å². The van der Waals surface area contributed by atoms with Crippen LogP contribution in [0.1, 0.15) is 32.1 Å². The first kappa shape index (κ1) is 13.9. The van der Waals surface area contributed by atoms with Crippen molar-refractivity contribution in [3.8, 4) is 0 Å². The van der Waals surface area contributed by atoms with E-state index in [9.17, 15) is 4.79 Å². The Hall–Kier alpha value is -1.07. The highest BCUT2D eigenvalue weighted by molar-refractivity contribution is 5.86. The number of rotatable bonds is 3. The van der Waals surface area contributed by atoms with Gasteiger partial charge in [0, 0.05) is 6.08 Å². The van der Waals surface area contributed by atoms with Crippen molar-refractivity contribution in [1.29, 1.82) is 0 Å². The number of aliphatic hydroxyl groups excluding tert-OH is 1. The lowest BCUT2D eigenvalue weighted by Gasteiger charge is -2.42. The van der Waals surface area contributed by atoms with Gasteiger partial charge in [-0.25, -0.2) is 4.79 Å². The van der Waals surface area contributed by atoms with Crippen molar-refractivity contribution in [3.63, 3.8) is 0 Å². The molecule has 5 nitrogen and oxygen atoms in total. The van der Waals surface area contributed by atoms with Crippen molar-refractivity contribution in [3.05, 3.63) is 11.8 Å². The maximum Gasteiger partial charge on any atom is 0.333 e. The number of ether oxygens (including phenoxy) is 1. The van der Waals surface area contributed by atoms with Gasteiger partial charge in [0.1, 0.15) is 6.54 Å². The summed E-state index contributed by atoms with van der Waals surface area (Å²) in [7, 11) is 0. The van der Waals surface area contributed by atoms with Crippen LogP contribution in [0.25, 0.3) is 0 Å². The van der Waals surface area contributed by atoms with E-state index in [2.05, 4.69) is 4.90 Å². The van der Waals surface area contributed by atoms with Crippen LogP contribution in [0.15, 0.2) is 11.8 Å². The van der Waals surface area contributed by atoms with Crippen molar-refractivity contribution in [1.82, 2.24) is 4.90 Å². The molecule has 1 aliphatic carbocycles. The highest BCUT2D eigenvalue weighted by Crippen LogP contribution is 2.42. The first-order valence-electron chi connectivity index (χ1n) is 7.88. The Morgan fingerprint density at radius 1 is 1.25 bits per heavy atom. The second-order valence-corrected chi connectivity index (χ2v) is 6.22. The van der Waals surface area contributed by atoms with Gasteiger partial charge in [-0.15, -0.1) is 0 Å². The minimum absolute atomic E-state index is 0.160. The molecule has 2 heterocycles. The Labute approximate surface area is 120 Å². The van der Waals surface area contributed by atoms with Gasteiger partial charge in [-0.05, 0) is 25.7 Å². The monoisotopic (exact) mass is 281 g/mol. The van der Waals surface area contributed by atoms with Crippen molar-refractivity contribution in [2.45, 2.75) is 37.7 Å². The summed E-state index contributed by atoms with van der Waals surface area (Å²) in [6, 6.07) is 0. The molecule has 1 spiro atoms. The normalized spacial score (nSPS) is 26.8. The zero-order valence-corrected chi connectivity index (χ0v) is 12.1. The van der Waals surface area contributed by atoms with Gasteiger partial charge in [0.05, 0.1) is 38.5 Å². The van der Waals surface area contributed by atoms with Gasteiger partial charge in [0.15, 0.2) is 5.60 Å². The van der Waals surface area contributed by atoms with E-state index in [1.165, 1.54) is 11.3 Å². The summed E-state index contributed by atoms with van der Waals surface area (Å²) in [6.07, 6.45) is 7.24. The van der Waals surface area contributed by atoms with E-state index in [0.29, 0.717) is 0 Å². The van der Waals surface area contributed by atoms with Crippen LogP contribution in [0.2, 0.25) is 0 Å². The van der Waals surface area contributed by atoms with Crippen molar-refractivity contribution in [2.24, 2.45) is 0 Å². The molecule has 0 radical (unpaired) electrons. The number of carbonyl (C=O) groups excluding carboxylic acids is 1. The largest absolute Gasteiger partial charge is 0.449 e. The van der Waals surface area contributed by atoms with Crippen LogP contribution in [-0.2, 0) is 9.53 Å². The van der Waals surface area contributed by atoms with E-state index in [4.69, 9.17) is 9.84 Å². The maximum atomic E-state index is 11.8. The number of nitrogens with one attached hydrogen (secondary N) is 1. The fraction of sp³-hybridized carbons (Fsp3) is 0.800. The summed E-state index contributed by atoms with van der Waals surface area (Å²) in [5, 5.41) is 9.02. The topological polar surface area (TPSA) is 54.2 Å². The van der Waals surface area contributed by atoms with Crippen molar-refractivity contribution < 1.29 is 19.5 Å². The second-order valence-electron chi connectivity index (χ2n) is 6.22. The fourth-order valence-corrected chi connectivity index (χ4v) is 3.85. The molecular weight excluding hydrogens is 256 g/mol. The number of aliphatic hydroxyl groups is 1. The molecule has 3 aliphatic rings. The molecule has 0 unspecified atom stereocenters. The molecule has 2 N–H and O–H groups in total. The van der Waals surface area contributed by atoms with E-state index < -0.39 is 0 Å². The summed E-state index contributed by atoms with van der Waals surface area (Å²) < 4.78 is 5.71. The standard InChI is InChI=1S/C15H24N2O3/c18-11-10-16-6-8-17(9-7-16)13-12-14(19)20-15(13)4-2-1-3-5-15/h12,18H,1-11H2/p+1. The van der Waals surface area contributed by atoms with Crippen LogP contribution < -0.4 is 4.90 Å². The highest BCUT2D eigenvalue weighted by atomic mass is 16.6. The minimum atomic E-state index is -0.316. The quantitative estimate of drug-likeness (QED) is 0.673. The van der Waals surface area contributed by atoms with Crippen LogP contribution in [0.4, 0.5) is 0 Å². The lowest BCUT2D eigenvalue weighted by molar-refractivity contribution is -0.904. The third-order valence-corrected chi connectivity index (χ3v) is 4.96. The molecule has 2 aliphatic heterocycles. The summed E-state index contributed by atoms with van der Waals surface area (Å²) in [6.45, 7) is 5.06. The van der Waals surface area contributed by atoms with E-state index in [1.807, 2.05) is 0 Å². The van der Waals surface area contributed by atoms with Gasteiger partial charge in [-0.1, -0.05) is 6.42 Å². The van der Waals surface area contributed by atoms with Gasteiger partial charge < -0.3 is 19.6 Å². The van der Waals surface area contributed by atoms with Crippen LogP contribution in [0, 0.1) is 0 Å². The average Bonchev–Trinajstić information content (AvgIpc) is 2.77. The molecule has 20 heavy (non-hydrogen) atoms. The maximum absolute atomic E-state index is 11.8. The Balaban J connectivity index is 1.69. The highest BCUT2D eigenvalue weighted by Gasteiger charge is 2.46. The molecule has 0 amide bonds. The predicted molar refractivity (Wildman–Crippen MR) is 74.2 cm³/mol. The molecule has 0 aromatic rings. The Bertz CT molecular complexity index is 394. The average molecular weight is 281 g/mol.